The second-order valence-corrected chi connectivity index (χ2v) is 5.12. The van der Waals surface area contributed by atoms with Crippen molar-refractivity contribution >= 4 is 24.4 Å². The summed E-state index contributed by atoms with van der Waals surface area (Å²) in [7, 11) is -4.48. The highest BCUT2D eigenvalue weighted by Gasteiger charge is 2.31. The van der Waals surface area contributed by atoms with E-state index in [2.05, 4.69) is 10.3 Å². The molecule has 0 bridgehead atoms. The maximum Gasteiger partial charge on any atom is 0.470 e. The van der Waals surface area contributed by atoms with Crippen LogP contribution in [0.25, 0.3) is 10.9 Å². The average Bonchev–Trinajstić information content (AvgIpc) is 2.80. The van der Waals surface area contributed by atoms with E-state index in [0.29, 0.717) is 6.54 Å². The predicted octanol–water partition coefficient (Wildman–Crippen LogP) is 1.74. The van der Waals surface area contributed by atoms with Crippen LogP contribution in [0.1, 0.15) is 11.7 Å². The first kappa shape index (κ1) is 10.8. The van der Waals surface area contributed by atoms with Crippen molar-refractivity contribution in [3.05, 3.63) is 30.0 Å². The first-order chi connectivity index (χ1) is 8.04. The molecule has 4 N–H and O–H groups in total. The van der Waals surface area contributed by atoms with Gasteiger partial charge in [0.1, 0.15) is 6.10 Å². The number of nitrogens with one attached hydrogen (secondary N) is 2. The number of aromatic nitrogens is 1. The Hall–Kier alpha value is -1.33. The number of hydrogen-bond acceptors (Lipinski definition) is 3. The van der Waals surface area contributed by atoms with Crippen LogP contribution in [0.15, 0.2) is 24.4 Å². The quantitative estimate of drug-likeness (QED) is 0.612. The summed E-state index contributed by atoms with van der Waals surface area (Å²) in [5, 5.41) is 3.99. The predicted molar refractivity (Wildman–Crippen MR) is 62.7 cm³/mol. The number of phosphoric acid groups is 1. The number of phosphoric ester groups is 1. The third kappa shape index (κ3) is 1.85. The first-order valence-electron chi connectivity index (χ1n) is 5.12. The molecule has 1 aromatic heterocycles. The fraction of sp³-hybridized carbons (Fsp3) is 0.200. The summed E-state index contributed by atoms with van der Waals surface area (Å²) in [6.07, 6.45) is 1.17. The van der Waals surface area contributed by atoms with Crippen molar-refractivity contribution in [2.24, 2.45) is 0 Å². The molecule has 0 aliphatic carbocycles. The molecule has 0 spiro atoms. The molecule has 2 heterocycles. The van der Waals surface area contributed by atoms with E-state index in [1.807, 2.05) is 18.2 Å². The molecule has 3 rings (SSSR count). The van der Waals surface area contributed by atoms with Crippen molar-refractivity contribution in [1.82, 2.24) is 4.98 Å². The van der Waals surface area contributed by atoms with Crippen LogP contribution < -0.4 is 5.32 Å². The van der Waals surface area contributed by atoms with Crippen molar-refractivity contribution in [3.8, 4) is 0 Å². The molecule has 1 aromatic carbocycles. The van der Waals surface area contributed by atoms with E-state index in [9.17, 15) is 4.57 Å². The van der Waals surface area contributed by atoms with E-state index in [1.165, 1.54) is 0 Å². The maximum atomic E-state index is 10.9. The van der Waals surface area contributed by atoms with E-state index in [-0.39, 0.29) is 0 Å². The Kier molecular flexibility index (Phi) is 2.27. The van der Waals surface area contributed by atoms with Gasteiger partial charge in [0.25, 0.3) is 0 Å². The average molecular weight is 254 g/mol. The summed E-state index contributed by atoms with van der Waals surface area (Å²) in [6, 6.07) is 5.66. The smallest absolute Gasteiger partial charge is 0.382 e. The minimum Gasteiger partial charge on any atom is -0.382 e. The molecular formula is C10H11N2O4P. The second-order valence-electron chi connectivity index (χ2n) is 3.93. The first-order valence-corrected chi connectivity index (χ1v) is 6.65. The van der Waals surface area contributed by atoms with Crippen LogP contribution in [0.3, 0.4) is 0 Å². The number of hydrogen-bond donors (Lipinski definition) is 4. The summed E-state index contributed by atoms with van der Waals surface area (Å²) in [4.78, 5) is 20.8. The summed E-state index contributed by atoms with van der Waals surface area (Å²) < 4.78 is 15.7. The zero-order valence-corrected chi connectivity index (χ0v) is 9.65. The molecule has 1 aliphatic heterocycles. The molecule has 7 heteroatoms. The molecule has 90 valence electrons. The van der Waals surface area contributed by atoms with E-state index < -0.39 is 13.9 Å². The van der Waals surface area contributed by atoms with Gasteiger partial charge in [-0.2, -0.15) is 0 Å². The fourth-order valence-corrected chi connectivity index (χ4v) is 2.73. The van der Waals surface area contributed by atoms with Crippen molar-refractivity contribution in [1.29, 1.82) is 0 Å². The van der Waals surface area contributed by atoms with Crippen LogP contribution in [0.4, 0.5) is 5.69 Å². The summed E-state index contributed by atoms with van der Waals surface area (Å²) in [6.45, 7) is 0.366. The van der Waals surface area contributed by atoms with Crippen molar-refractivity contribution in [2.75, 3.05) is 11.9 Å². The van der Waals surface area contributed by atoms with Crippen LogP contribution in [-0.2, 0) is 9.09 Å². The van der Waals surface area contributed by atoms with Gasteiger partial charge >= 0.3 is 7.82 Å². The van der Waals surface area contributed by atoms with Gasteiger partial charge in [-0.1, -0.05) is 0 Å². The second kappa shape index (κ2) is 3.58. The van der Waals surface area contributed by atoms with Crippen LogP contribution >= 0.6 is 7.82 Å². The van der Waals surface area contributed by atoms with Crippen LogP contribution in [0.2, 0.25) is 0 Å². The van der Waals surface area contributed by atoms with E-state index in [1.54, 1.807) is 6.20 Å². The molecule has 17 heavy (non-hydrogen) atoms. The third-order valence-electron chi connectivity index (χ3n) is 2.84. The molecule has 0 saturated carbocycles. The highest BCUT2D eigenvalue weighted by molar-refractivity contribution is 7.46. The zero-order valence-electron chi connectivity index (χ0n) is 8.75. The molecule has 0 radical (unpaired) electrons. The van der Waals surface area contributed by atoms with Gasteiger partial charge in [-0.15, -0.1) is 0 Å². The Labute approximate surface area is 96.8 Å². The van der Waals surface area contributed by atoms with Crippen molar-refractivity contribution < 1.29 is 18.9 Å². The number of aromatic amines is 1. The topological polar surface area (TPSA) is 94.6 Å². The Morgan fingerprint density at radius 1 is 1.35 bits per heavy atom. The lowest BCUT2D eigenvalue weighted by molar-refractivity contribution is 0.147. The summed E-state index contributed by atoms with van der Waals surface area (Å²) in [5.74, 6) is 0. The minimum absolute atomic E-state index is 0.366. The number of anilines is 1. The van der Waals surface area contributed by atoms with Crippen molar-refractivity contribution in [2.45, 2.75) is 6.10 Å². The lowest BCUT2D eigenvalue weighted by atomic mass is 10.1. The van der Waals surface area contributed by atoms with Gasteiger partial charge in [0, 0.05) is 34.9 Å². The number of H-pyrrole nitrogens is 1. The standard InChI is InChI=1S/C10H11N2O4P/c13-17(14,15)16-9-5-12-8-2-1-7-6(10(8)9)3-4-11-7/h1-4,9,11-12H,5H2,(H2,13,14,15). The van der Waals surface area contributed by atoms with Gasteiger partial charge in [-0.05, 0) is 18.2 Å². The monoisotopic (exact) mass is 254 g/mol. The Morgan fingerprint density at radius 3 is 2.94 bits per heavy atom. The van der Waals surface area contributed by atoms with Gasteiger partial charge in [0.15, 0.2) is 0 Å². The fourth-order valence-electron chi connectivity index (χ4n) is 2.22. The van der Waals surface area contributed by atoms with Gasteiger partial charge in [0.2, 0.25) is 0 Å². The largest absolute Gasteiger partial charge is 0.470 e. The number of benzene rings is 1. The lowest BCUT2D eigenvalue weighted by Gasteiger charge is -2.13. The van der Waals surface area contributed by atoms with Crippen LogP contribution in [-0.4, -0.2) is 21.3 Å². The lowest BCUT2D eigenvalue weighted by Crippen LogP contribution is -2.05. The molecule has 1 unspecified atom stereocenters. The summed E-state index contributed by atoms with van der Waals surface area (Å²) >= 11 is 0. The molecule has 0 amide bonds. The highest BCUT2D eigenvalue weighted by Crippen LogP contribution is 2.47. The normalized spacial score (nSPS) is 19.3. The van der Waals surface area contributed by atoms with Gasteiger partial charge in [-0.25, -0.2) is 4.57 Å². The molecule has 2 aromatic rings. The summed E-state index contributed by atoms with van der Waals surface area (Å²) in [5.41, 5.74) is 2.58. The molecule has 1 aliphatic rings. The molecule has 6 nitrogen and oxygen atoms in total. The van der Waals surface area contributed by atoms with Gasteiger partial charge < -0.3 is 20.1 Å². The van der Waals surface area contributed by atoms with Crippen molar-refractivity contribution in [3.63, 3.8) is 0 Å². The molecular weight excluding hydrogens is 243 g/mol. The zero-order chi connectivity index (χ0) is 12.0. The number of rotatable bonds is 2. The van der Waals surface area contributed by atoms with Crippen LogP contribution in [0.5, 0.6) is 0 Å². The third-order valence-corrected chi connectivity index (χ3v) is 3.37. The molecule has 1 atom stereocenters. The van der Waals surface area contributed by atoms with Gasteiger partial charge in [-0.3, -0.25) is 4.52 Å². The van der Waals surface area contributed by atoms with Gasteiger partial charge in [0.05, 0.1) is 0 Å². The minimum atomic E-state index is -4.48. The molecule has 0 saturated heterocycles. The van der Waals surface area contributed by atoms with E-state index >= 15 is 0 Å². The number of fused-ring (bicyclic) bond motifs is 3. The Morgan fingerprint density at radius 2 is 2.18 bits per heavy atom. The van der Waals surface area contributed by atoms with Crippen LogP contribution in [0, 0.1) is 0 Å². The maximum absolute atomic E-state index is 10.9. The Balaban J connectivity index is 2.11. The SMILES string of the molecule is O=P(O)(O)OC1CNc2ccc3[nH]ccc3c21. The Bertz CT molecular complexity index is 618. The van der Waals surface area contributed by atoms with E-state index in [4.69, 9.17) is 14.3 Å². The molecule has 0 fully saturated rings. The van der Waals surface area contributed by atoms with E-state index in [0.717, 1.165) is 22.2 Å². The highest BCUT2D eigenvalue weighted by atomic mass is 31.2.